The molecule has 2 saturated heterocycles. The number of carbonyl (C=O) groups is 4. The first kappa shape index (κ1) is 25.8. The van der Waals surface area contributed by atoms with Gasteiger partial charge in [-0.3, -0.25) is 14.4 Å². The molecule has 0 radical (unpaired) electrons. The molecule has 1 saturated carbocycles. The Morgan fingerprint density at radius 2 is 1.67 bits per heavy atom. The topological polar surface area (TPSA) is 114 Å². The molecule has 0 bridgehead atoms. The predicted octanol–water partition coefficient (Wildman–Crippen LogP) is 1.32. The van der Waals surface area contributed by atoms with Crippen molar-refractivity contribution in [3.8, 4) is 0 Å². The van der Waals surface area contributed by atoms with Gasteiger partial charge in [-0.15, -0.1) is 0 Å². The Morgan fingerprint density at radius 3 is 2.33 bits per heavy atom. The summed E-state index contributed by atoms with van der Waals surface area (Å²) in [4.78, 5) is 57.3. The molecule has 36 heavy (non-hydrogen) atoms. The molecule has 10 heteroatoms. The van der Waals surface area contributed by atoms with E-state index in [9.17, 15) is 19.2 Å². The van der Waals surface area contributed by atoms with Crippen LogP contribution in [0.15, 0.2) is 24.3 Å². The number of benzene rings is 1. The molecule has 10 nitrogen and oxygen atoms in total. The molecule has 3 aliphatic rings. The minimum absolute atomic E-state index is 0.0836. The van der Waals surface area contributed by atoms with Crippen LogP contribution in [0.5, 0.6) is 0 Å². The van der Waals surface area contributed by atoms with Crippen LogP contribution in [0.25, 0.3) is 0 Å². The lowest BCUT2D eigenvalue weighted by molar-refractivity contribution is -0.133. The highest BCUT2D eigenvalue weighted by molar-refractivity contribution is 5.99. The van der Waals surface area contributed by atoms with Crippen LogP contribution in [-0.4, -0.2) is 92.0 Å². The number of anilines is 1. The molecule has 2 heterocycles. The highest BCUT2D eigenvalue weighted by Crippen LogP contribution is 2.20. The van der Waals surface area contributed by atoms with Gasteiger partial charge in [-0.05, 0) is 49.9 Å². The molecular formula is C26H38N6O4. The van der Waals surface area contributed by atoms with Crippen LogP contribution in [0.2, 0.25) is 0 Å². The molecule has 5 amide bonds. The fourth-order valence-corrected chi connectivity index (χ4v) is 5.19. The third-order valence-electron chi connectivity index (χ3n) is 7.40. The Morgan fingerprint density at radius 1 is 0.944 bits per heavy atom. The first-order valence-corrected chi connectivity index (χ1v) is 13.1. The van der Waals surface area contributed by atoms with Crippen molar-refractivity contribution in [2.24, 2.45) is 0 Å². The molecule has 3 N–H and O–H groups in total. The van der Waals surface area contributed by atoms with Crippen molar-refractivity contribution in [2.45, 2.75) is 63.1 Å². The second-order valence-corrected chi connectivity index (χ2v) is 10.2. The van der Waals surface area contributed by atoms with Gasteiger partial charge in [0.1, 0.15) is 12.1 Å². The van der Waals surface area contributed by atoms with E-state index < -0.39 is 18.0 Å². The maximum atomic E-state index is 13.5. The highest BCUT2D eigenvalue weighted by atomic mass is 16.2. The van der Waals surface area contributed by atoms with Crippen LogP contribution in [0.4, 0.5) is 10.5 Å². The quantitative estimate of drug-likeness (QED) is 0.567. The summed E-state index contributed by atoms with van der Waals surface area (Å²) in [5, 5.41) is 8.72. The van der Waals surface area contributed by atoms with Gasteiger partial charge < -0.3 is 30.7 Å². The number of rotatable bonds is 5. The van der Waals surface area contributed by atoms with Crippen molar-refractivity contribution < 1.29 is 19.2 Å². The minimum atomic E-state index is -0.883. The van der Waals surface area contributed by atoms with Crippen molar-refractivity contribution in [1.82, 2.24) is 25.8 Å². The van der Waals surface area contributed by atoms with Gasteiger partial charge in [-0.2, -0.15) is 0 Å². The summed E-state index contributed by atoms with van der Waals surface area (Å²) in [5.41, 5.74) is 1.45. The minimum Gasteiger partial charge on any atom is -0.378 e. The molecule has 196 valence electrons. The number of nitrogens with zero attached hydrogens (tertiary/aromatic N) is 3. The number of carbonyl (C=O) groups excluding carboxylic acids is 4. The lowest BCUT2D eigenvalue weighted by atomic mass is 9.96. The van der Waals surface area contributed by atoms with E-state index in [4.69, 9.17) is 0 Å². The third kappa shape index (κ3) is 6.09. The number of nitrogens with one attached hydrogen (secondary N) is 3. The van der Waals surface area contributed by atoms with E-state index in [1.165, 1.54) is 11.3 Å². The molecule has 1 aliphatic carbocycles. The zero-order valence-electron chi connectivity index (χ0n) is 21.3. The van der Waals surface area contributed by atoms with Gasteiger partial charge in [0.05, 0.1) is 6.54 Å². The molecular weight excluding hydrogens is 460 g/mol. The fourth-order valence-electron chi connectivity index (χ4n) is 5.19. The second kappa shape index (κ2) is 11.6. The summed E-state index contributed by atoms with van der Waals surface area (Å²) >= 11 is 0. The van der Waals surface area contributed by atoms with Gasteiger partial charge in [-0.25, -0.2) is 4.79 Å². The summed E-state index contributed by atoms with van der Waals surface area (Å²) < 4.78 is 0. The zero-order valence-corrected chi connectivity index (χ0v) is 21.3. The Balaban J connectivity index is 1.49. The van der Waals surface area contributed by atoms with Crippen LogP contribution >= 0.6 is 0 Å². The second-order valence-electron chi connectivity index (χ2n) is 10.2. The Labute approximate surface area is 212 Å². The van der Waals surface area contributed by atoms with Crippen LogP contribution in [0, 0.1) is 0 Å². The van der Waals surface area contributed by atoms with Crippen LogP contribution in [0.3, 0.4) is 0 Å². The SMILES string of the molecule is CN(C)c1ccc(C(=O)N2CCN(C(=O)NC3CCCCC3)C[C@H]2C(=O)N[C@H]2CCCNC2=O)cc1. The van der Waals surface area contributed by atoms with Crippen molar-refractivity contribution in [3.63, 3.8) is 0 Å². The van der Waals surface area contributed by atoms with E-state index in [1.54, 1.807) is 17.0 Å². The molecule has 1 aromatic rings. The number of hydrogen-bond donors (Lipinski definition) is 3. The number of hydrogen-bond acceptors (Lipinski definition) is 5. The van der Waals surface area contributed by atoms with Gasteiger partial charge >= 0.3 is 6.03 Å². The highest BCUT2D eigenvalue weighted by Gasteiger charge is 2.39. The zero-order chi connectivity index (χ0) is 25.7. The molecule has 3 fully saturated rings. The Kier molecular flexibility index (Phi) is 8.32. The lowest BCUT2D eigenvalue weighted by Crippen LogP contribution is -2.64. The first-order chi connectivity index (χ1) is 17.3. The van der Waals surface area contributed by atoms with E-state index >= 15 is 0 Å². The largest absolute Gasteiger partial charge is 0.378 e. The predicted molar refractivity (Wildman–Crippen MR) is 137 cm³/mol. The number of amides is 5. The van der Waals surface area contributed by atoms with Crippen molar-refractivity contribution >= 4 is 29.4 Å². The van der Waals surface area contributed by atoms with E-state index in [-0.39, 0.29) is 37.0 Å². The average molecular weight is 499 g/mol. The van der Waals surface area contributed by atoms with Gasteiger partial charge in [-0.1, -0.05) is 19.3 Å². The number of urea groups is 1. The van der Waals surface area contributed by atoms with Gasteiger partial charge in [0.15, 0.2) is 0 Å². The van der Waals surface area contributed by atoms with E-state index in [2.05, 4.69) is 16.0 Å². The molecule has 0 aromatic heterocycles. The van der Waals surface area contributed by atoms with Crippen molar-refractivity contribution in [2.75, 3.05) is 45.2 Å². The molecule has 0 unspecified atom stereocenters. The summed E-state index contributed by atoms with van der Waals surface area (Å²) in [6.07, 6.45) is 6.66. The first-order valence-electron chi connectivity index (χ1n) is 13.1. The van der Waals surface area contributed by atoms with Crippen molar-refractivity contribution in [1.29, 1.82) is 0 Å². The number of piperidine rings is 1. The summed E-state index contributed by atoms with van der Waals surface area (Å²) in [7, 11) is 3.85. The van der Waals surface area contributed by atoms with Gasteiger partial charge in [0.25, 0.3) is 5.91 Å². The molecule has 1 aromatic carbocycles. The molecule has 2 atom stereocenters. The van der Waals surface area contributed by atoms with E-state index in [0.717, 1.165) is 37.8 Å². The number of piperazine rings is 1. The lowest BCUT2D eigenvalue weighted by Gasteiger charge is -2.41. The molecule has 0 spiro atoms. The third-order valence-corrected chi connectivity index (χ3v) is 7.40. The monoisotopic (exact) mass is 498 g/mol. The van der Waals surface area contributed by atoms with Crippen LogP contribution in [0.1, 0.15) is 55.3 Å². The summed E-state index contributed by atoms with van der Waals surface area (Å²) in [5.74, 6) is -0.888. The van der Waals surface area contributed by atoms with E-state index in [0.29, 0.717) is 25.1 Å². The molecule has 2 aliphatic heterocycles. The Bertz CT molecular complexity index is 960. The normalized spacial score (nSPS) is 23.0. The van der Waals surface area contributed by atoms with Crippen LogP contribution < -0.4 is 20.9 Å². The van der Waals surface area contributed by atoms with Crippen molar-refractivity contribution in [3.05, 3.63) is 29.8 Å². The standard InChI is InChI=1S/C26H38N6O4/c1-30(2)20-12-10-18(11-13-20)25(35)32-16-15-31(26(36)28-19-7-4-3-5-8-19)17-22(32)24(34)29-21-9-6-14-27-23(21)33/h10-13,19,21-22H,3-9,14-17H2,1-2H3,(H,27,33)(H,28,36)(H,29,34)/t21-,22-/m0/s1. The fraction of sp³-hybridized carbons (Fsp3) is 0.615. The van der Waals surface area contributed by atoms with Gasteiger partial charge in [0, 0.05) is 51.0 Å². The smallest absolute Gasteiger partial charge is 0.317 e. The van der Waals surface area contributed by atoms with E-state index in [1.807, 2.05) is 31.1 Å². The maximum absolute atomic E-state index is 13.5. The maximum Gasteiger partial charge on any atom is 0.317 e. The average Bonchev–Trinajstić information content (AvgIpc) is 2.90. The van der Waals surface area contributed by atoms with Crippen LogP contribution in [-0.2, 0) is 9.59 Å². The Hall–Kier alpha value is -3.30. The molecule has 4 rings (SSSR count). The summed E-state index contributed by atoms with van der Waals surface area (Å²) in [6.45, 7) is 1.26. The van der Waals surface area contributed by atoms with Gasteiger partial charge in [0.2, 0.25) is 11.8 Å². The summed E-state index contributed by atoms with van der Waals surface area (Å²) in [6, 6.07) is 5.68.